The average Bonchev–Trinajstić information content (AvgIpc) is 3.40. The van der Waals surface area contributed by atoms with Crippen molar-refractivity contribution < 1.29 is 23.9 Å². The van der Waals surface area contributed by atoms with E-state index < -0.39 is 0 Å². The summed E-state index contributed by atoms with van der Waals surface area (Å²) in [6.45, 7) is 0.309. The summed E-state index contributed by atoms with van der Waals surface area (Å²) in [6, 6.07) is 5.46. The number of amides is 3. The van der Waals surface area contributed by atoms with Gasteiger partial charge < -0.3 is 25.0 Å². The average molecular weight is 498 g/mol. The van der Waals surface area contributed by atoms with Crippen LogP contribution in [0.25, 0.3) is 0 Å². The van der Waals surface area contributed by atoms with Crippen molar-refractivity contribution in [1.82, 2.24) is 10.2 Å². The Labute approximate surface area is 213 Å². The first-order valence-electron chi connectivity index (χ1n) is 13.8. The zero-order chi connectivity index (χ0) is 25.1. The van der Waals surface area contributed by atoms with Crippen LogP contribution in [0, 0.1) is 5.92 Å². The topological polar surface area (TPSA) is 97.0 Å². The molecule has 1 aromatic carbocycles. The van der Waals surface area contributed by atoms with Crippen LogP contribution < -0.4 is 15.4 Å². The van der Waals surface area contributed by atoms with E-state index in [0.717, 1.165) is 51.4 Å². The summed E-state index contributed by atoms with van der Waals surface area (Å²) in [6.07, 6.45) is 11.1. The van der Waals surface area contributed by atoms with Crippen LogP contribution in [0.2, 0.25) is 0 Å². The third-order valence-corrected chi connectivity index (χ3v) is 8.39. The highest BCUT2D eigenvalue weighted by Gasteiger charge is 2.39. The minimum Gasteiger partial charge on any atom is -0.490 e. The molecule has 0 radical (unpaired) electrons. The van der Waals surface area contributed by atoms with Crippen molar-refractivity contribution in [2.24, 2.45) is 5.92 Å². The summed E-state index contributed by atoms with van der Waals surface area (Å²) in [5, 5.41) is 6.16. The van der Waals surface area contributed by atoms with Gasteiger partial charge in [0.2, 0.25) is 11.8 Å². The lowest BCUT2D eigenvalue weighted by Crippen LogP contribution is -2.54. The molecule has 3 fully saturated rings. The van der Waals surface area contributed by atoms with Gasteiger partial charge in [0.05, 0.1) is 24.1 Å². The fourth-order valence-electron chi connectivity index (χ4n) is 6.28. The highest BCUT2D eigenvalue weighted by atomic mass is 16.5. The summed E-state index contributed by atoms with van der Waals surface area (Å²) < 4.78 is 12.4. The monoisotopic (exact) mass is 497 g/mol. The molecule has 2 N–H and O–H groups in total. The fourth-order valence-corrected chi connectivity index (χ4v) is 6.28. The minimum atomic E-state index is -0.296. The largest absolute Gasteiger partial charge is 0.490 e. The second kappa shape index (κ2) is 11.2. The highest BCUT2D eigenvalue weighted by Crippen LogP contribution is 2.33. The Bertz CT molecular complexity index is 970. The van der Waals surface area contributed by atoms with E-state index in [4.69, 9.17) is 9.47 Å². The number of nitrogens with zero attached hydrogens (tertiary/aromatic N) is 1. The smallest absolute Gasteiger partial charge is 0.257 e. The van der Waals surface area contributed by atoms with E-state index >= 15 is 0 Å². The number of anilines is 1. The molecule has 2 aliphatic carbocycles. The third kappa shape index (κ3) is 5.69. The van der Waals surface area contributed by atoms with E-state index in [2.05, 4.69) is 10.6 Å². The molecule has 8 heteroatoms. The zero-order valence-corrected chi connectivity index (χ0v) is 21.3. The number of carbonyl (C=O) groups excluding carboxylic acids is 3. The molecule has 1 aromatic rings. The van der Waals surface area contributed by atoms with E-state index in [1.807, 2.05) is 0 Å². The maximum atomic E-state index is 13.5. The summed E-state index contributed by atoms with van der Waals surface area (Å²) in [5.41, 5.74) is 1.08. The molecule has 5 rings (SSSR count). The lowest BCUT2D eigenvalue weighted by molar-refractivity contribution is -0.134. The number of rotatable bonds is 5. The first kappa shape index (κ1) is 25.1. The Hall–Kier alpha value is -2.61. The molecular weight excluding hydrogens is 458 g/mol. The van der Waals surface area contributed by atoms with Crippen molar-refractivity contribution in [3.05, 3.63) is 23.8 Å². The van der Waals surface area contributed by atoms with Gasteiger partial charge in [-0.05, 0) is 56.7 Å². The van der Waals surface area contributed by atoms with Gasteiger partial charge in [-0.15, -0.1) is 0 Å². The molecule has 4 aliphatic rings. The van der Waals surface area contributed by atoms with Crippen molar-refractivity contribution in [2.75, 3.05) is 19.0 Å². The Kier molecular flexibility index (Phi) is 7.79. The number of hydrogen-bond acceptors (Lipinski definition) is 5. The van der Waals surface area contributed by atoms with E-state index in [1.54, 1.807) is 30.1 Å². The number of likely N-dealkylation sites (N-methyl/N-ethyl adjacent to an activating group) is 1. The number of carbonyl (C=O) groups is 3. The van der Waals surface area contributed by atoms with Crippen LogP contribution in [0.3, 0.4) is 0 Å². The van der Waals surface area contributed by atoms with Crippen LogP contribution >= 0.6 is 0 Å². The Balaban J connectivity index is 1.22. The predicted molar refractivity (Wildman–Crippen MR) is 136 cm³/mol. The van der Waals surface area contributed by atoms with Gasteiger partial charge in [-0.1, -0.05) is 32.1 Å². The fraction of sp³-hybridized carbons (Fsp3) is 0.679. The number of benzene rings is 1. The molecule has 2 saturated carbocycles. The first-order valence-corrected chi connectivity index (χ1v) is 13.8. The van der Waals surface area contributed by atoms with Gasteiger partial charge in [-0.3, -0.25) is 14.4 Å². The normalized spacial score (nSPS) is 27.3. The molecule has 0 aromatic heterocycles. The summed E-state index contributed by atoms with van der Waals surface area (Å²) in [5.74, 6) is 0.476. The molecule has 2 aliphatic heterocycles. The van der Waals surface area contributed by atoms with Gasteiger partial charge in [-0.2, -0.15) is 0 Å². The number of hydrogen-bond donors (Lipinski definition) is 2. The molecule has 0 bridgehead atoms. The molecule has 36 heavy (non-hydrogen) atoms. The van der Waals surface area contributed by atoms with Crippen LogP contribution in [-0.2, 0) is 14.3 Å². The number of ether oxygens (including phenoxy) is 2. The quantitative estimate of drug-likeness (QED) is 0.640. The molecule has 196 valence electrons. The van der Waals surface area contributed by atoms with Crippen molar-refractivity contribution in [3.8, 4) is 5.75 Å². The van der Waals surface area contributed by atoms with Crippen LogP contribution in [0.5, 0.6) is 5.75 Å². The van der Waals surface area contributed by atoms with E-state index in [-0.39, 0.29) is 41.9 Å². The third-order valence-electron chi connectivity index (χ3n) is 8.39. The van der Waals surface area contributed by atoms with Gasteiger partial charge in [-0.25, -0.2) is 0 Å². The number of nitrogens with one attached hydrogen (secondary N) is 2. The molecule has 2 heterocycles. The van der Waals surface area contributed by atoms with Crippen molar-refractivity contribution >= 4 is 23.4 Å². The molecule has 3 amide bonds. The van der Waals surface area contributed by atoms with E-state index in [1.165, 1.54) is 19.3 Å². The summed E-state index contributed by atoms with van der Waals surface area (Å²) in [4.78, 5) is 40.4. The lowest BCUT2D eigenvalue weighted by Gasteiger charge is -2.42. The van der Waals surface area contributed by atoms with Gasteiger partial charge in [0, 0.05) is 24.7 Å². The van der Waals surface area contributed by atoms with Crippen molar-refractivity contribution in [2.45, 2.75) is 101 Å². The SMILES string of the molecule is CN1C(=O)c2cc(NC(=O)C3CCCCC3)ccc2OC[C@H]2O[C@H](CC(=O)NC3CCCC3)CC[C@@H]21. The minimum absolute atomic E-state index is 0.0333. The van der Waals surface area contributed by atoms with E-state index in [0.29, 0.717) is 36.1 Å². The maximum absolute atomic E-state index is 13.5. The Morgan fingerprint density at radius 2 is 1.75 bits per heavy atom. The molecule has 0 spiro atoms. The predicted octanol–water partition coefficient (Wildman–Crippen LogP) is 4.03. The molecule has 3 atom stereocenters. The number of fused-ring (bicyclic) bond motifs is 2. The highest BCUT2D eigenvalue weighted by molar-refractivity contribution is 6.00. The summed E-state index contributed by atoms with van der Waals surface area (Å²) in [7, 11) is 1.80. The van der Waals surface area contributed by atoms with Crippen LogP contribution in [0.1, 0.15) is 87.4 Å². The Morgan fingerprint density at radius 1 is 1.00 bits per heavy atom. The van der Waals surface area contributed by atoms with Gasteiger partial charge >= 0.3 is 0 Å². The molecule has 8 nitrogen and oxygen atoms in total. The van der Waals surface area contributed by atoms with Gasteiger partial charge in [0.25, 0.3) is 5.91 Å². The van der Waals surface area contributed by atoms with E-state index in [9.17, 15) is 14.4 Å². The maximum Gasteiger partial charge on any atom is 0.257 e. The molecule has 0 unspecified atom stereocenters. The van der Waals surface area contributed by atoms with Crippen molar-refractivity contribution in [3.63, 3.8) is 0 Å². The second-order valence-corrected chi connectivity index (χ2v) is 11.0. The summed E-state index contributed by atoms with van der Waals surface area (Å²) >= 11 is 0. The molecule has 1 saturated heterocycles. The second-order valence-electron chi connectivity index (χ2n) is 11.0. The zero-order valence-electron chi connectivity index (χ0n) is 21.3. The van der Waals surface area contributed by atoms with Crippen LogP contribution in [0.4, 0.5) is 5.69 Å². The van der Waals surface area contributed by atoms with Gasteiger partial charge in [0.1, 0.15) is 18.5 Å². The van der Waals surface area contributed by atoms with Crippen LogP contribution in [-0.4, -0.2) is 60.6 Å². The van der Waals surface area contributed by atoms with Crippen molar-refractivity contribution in [1.29, 1.82) is 0 Å². The first-order chi connectivity index (χ1) is 17.5. The Morgan fingerprint density at radius 3 is 2.53 bits per heavy atom. The van der Waals surface area contributed by atoms with Crippen LogP contribution in [0.15, 0.2) is 18.2 Å². The van der Waals surface area contributed by atoms with Gasteiger partial charge in [0.15, 0.2) is 0 Å². The lowest BCUT2D eigenvalue weighted by atomic mass is 9.88. The standard InChI is InChI=1S/C28H39N3O5/c1-31-23-13-12-21(16-26(32)29-19-9-5-6-10-19)36-25(23)17-35-24-14-11-20(15-22(24)28(31)34)30-27(33)18-7-3-2-4-8-18/h11,14-15,18-19,21,23,25H,2-10,12-13,16-17H2,1H3,(H,29,32)(H,30,33)/t21-,23-,25+/m0/s1. The molecular formula is C28H39N3O5.